The molecule has 0 bridgehead atoms. The van der Waals surface area contributed by atoms with Gasteiger partial charge in [0.1, 0.15) is 0 Å². The lowest BCUT2D eigenvalue weighted by atomic mass is 10.1. The van der Waals surface area contributed by atoms with Crippen LogP contribution in [0.3, 0.4) is 0 Å². The highest BCUT2D eigenvalue weighted by Crippen LogP contribution is 2.17. The Bertz CT molecular complexity index is 297. The number of thiophene rings is 1. The first-order valence-electron chi connectivity index (χ1n) is 6.29. The van der Waals surface area contributed by atoms with Crippen molar-refractivity contribution in [3.8, 4) is 0 Å². The Morgan fingerprint density at radius 1 is 1.56 bits per heavy atom. The highest BCUT2D eigenvalue weighted by molar-refractivity contribution is 7.09. The standard InChI is InChI=1S/C13H22N2S/c1-3-5-12-9-15(11(2)8-14-12)10-13-6-4-7-16-13/h4,6-7,11-12,14H,3,5,8-10H2,1-2H3. The Labute approximate surface area is 103 Å². The summed E-state index contributed by atoms with van der Waals surface area (Å²) in [6.07, 6.45) is 2.58. The molecular formula is C13H22N2S. The first-order valence-corrected chi connectivity index (χ1v) is 7.17. The first kappa shape index (κ1) is 12.1. The van der Waals surface area contributed by atoms with Crippen LogP contribution in [0, 0.1) is 0 Å². The van der Waals surface area contributed by atoms with Gasteiger partial charge in [-0.05, 0) is 24.8 Å². The molecule has 1 saturated heterocycles. The normalized spacial score (nSPS) is 27.1. The third-order valence-corrected chi connectivity index (χ3v) is 4.22. The monoisotopic (exact) mass is 238 g/mol. The van der Waals surface area contributed by atoms with Gasteiger partial charge in [-0.25, -0.2) is 0 Å². The molecule has 2 unspecified atom stereocenters. The highest BCUT2D eigenvalue weighted by Gasteiger charge is 2.24. The van der Waals surface area contributed by atoms with Crippen molar-refractivity contribution in [2.75, 3.05) is 13.1 Å². The van der Waals surface area contributed by atoms with Gasteiger partial charge < -0.3 is 5.32 Å². The molecule has 0 saturated carbocycles. The molecule has 2 rings (SSSR count). The third kappa shape index (κ3) is 3.06. The smallest absolute Gasteiger partial charge is 0.0331 e. The average molecular weight is 238 g/mol. The Morgan fingerprint density at radius 3 is 3.12 bits per heavy atom. The number of hydrogen-bond donors (Lipinski definition) is 1. The Balaban J connectivity index is 1.91. The summed E-state index contributed by atoms with van der Waals surface area (Å²) < 4.78 is 0. The molecule has 1 aromatic rings. The van der Waals surface area contributed by atoms with Gasteiger partial charge in [0.2, 0.25) is 0 Å². The van der Waals surface area contributed by atoms with Gasteiger partial charge in [-0.3, -0.25) is 4.90 Å². The predicted octanol–water partition coefficient (Wildman–Crippen LogP) is 2.71. The summed E-state index contributed by atoms with van der Waals surface area (Å²) in [4.78, 5) is 4.10. The van der Waals surface area contributed by atoms with E-state index in [9.17, 15) is 0 Å². The fourth-order valence-corrected chi connectivity index (χ4v) is 3.09. The van der Waals surface area contributed by atoms with E-state index in [0.29, 0.717) is 12.1 Å². The summed E-state index contributed by atoms with van der Waals surface area (Å²) in [5.74, 6) is 0. The minimum Gasteiger partial charge on any atom is -0.311 e. The van der Waals surface area contributed by atoms with Crippen molar-refractivity contribution >= 4 is 11.3 Å². The lowest BCUT2D eigenvalue weighted by molar-refractivity contribution is 0.130. The minimum absolute atomic E-state index is 0.662. The van der Waals surface area contributed by atoms with E-state index >= 15 is 0 Å². The van der Waals surface area contributed by atoms with Crippen LogP contribution in [0.25, 0.3) is 0 Å². The van der Waals surface area contributed by atoms with E-state index in [4.69, 9.17) is 0 Å². The van der Waals surface area contributed by atoms with Crippen molar-refractivity contribution in [2.45, 2.75) is 45.3 Å². The van der Waals surface area contributed by atoms with Crippen LogP contribution in [-0.4, -0.2) is 30.1 Å². The number of nitrogens with zero attached hydrogens (tertiary/aromatic N) is 1. The van der Waals surface area contributed by atoms with Gasteiger partial charge in [0, 0.05) is 36.6 Å². The molecule has 1 aliphatic rings. The van der Waals surface area contributed by atoms with Gasteiger partial charge in [0.25, 0.3) is 0 Å². The second-order valence-corrected chi connectivity index (χ2v) is 5.78. The number of piperazine rings is 1. The maximum Gasteiger partial charge on any atom is 0.0331 e. The lowest BCUT2D eigenvalue weighted by Crippen LogP contribution is -2.54. The third-order valence-electron chi connectivity index (χ3n) is 3.36. The van der Waals surface area contributed by atoms with E-state index in [1.807, 2.05) is 11.3 Å². The first-order chi connectivity index (χ1) is 7.79. The van der Waals surface area contributed by atoms with Gasteiger partial charge in [0.05, 0.1) is 0 Å². The summed E-state index contributed by atoms with van der Waals surface area (Å²) in [6, 6.07) is 5.75. The lowest BCUT2D eigenvalue weighted by Gasteiger charge is -2.38. The number of nitrogens with one attached hydrogen (secondary N) is 1. The van der Waals surface area contributed by atoms with E-state index in [0.717, 1.165) is 13.1 Å². The molecule has 0 amide bonds. The van der Waals surface area contributed by atoms with Crippen LogP contribution in [-0.2, 0) is 6.54 Å². The van der Waals surface area contributed by atoms with Crippen LogP contribution in [0.4, 0.5) is 0 Å². The molecule has 1 N–H and O–H groups in total. The van der Waals surface area contributed by atoms with Crippen molar-refractivity contribution in [3.05, 3.63) is 22.4 Å². The van der Waals surface area contributed by atoms with Crippen LogP contribution in [0.5, 0.6) is 0 Å². The number of hydrogen-bond acceptors (Lipinski definition) is 3. The van der Waals surface area contributed by atoms with E-state index < -0.39 is 0 Å². The van der Waals surface area contributed by atoms with E-state index in [2.05, 4.69) is 41.6 Å². The van der Waals surface area contributed by atoms with E-state index in [1.165, 1.54) is 24.3 Å². The molecule has 2 atom stereocenters. The summed E-state index contributed by atoms with van der Waals surface area (Å²) in [6.45, 7) is 8.05. The van der Waals surface area contributed by atoms with Gasteiger partial charge in [-0.1, -0.05) is 19.4 Å². The zero-order valence-electron chi connectivity index (χ0n) is 10.3. The summed E-state index contributed by atoms with van der Waals surface area (Å²) in [5, 5.41) is 5.81. The highest BCUT2D eigenvalue weighted by atomic mass is 32.1. The zero-order chi connectivity index (χ0) is 11.4. The van der Waals surface area contributed by atoms with E-state index in [-0.39, 0.29) is 0 Å². The molecule has 16 heavy (non-hydrogen) atoms. The van der Waals surface area contributed by atoms with Gasteiger partial charge in [0.15, 0.2) is 0 Å². The van der Waals surface area contributed by atoms with Crippen LogP contribution < -0.4 is 5.32 Å². The second kappa shape index (κ2) is 5.80. The van der Waals surface area contributed by atoms with Crippen LogP contribution in [0.2, 0.25) is 0 Å². The summed E-state index contributed by atoms with van der Waals surface area (Å²) >= 11 is 1.87. The molecule has 90 valence electrons. The average Bonchev–Trinajstić information content (AvgIpc) is 2.76. The van der Waals surface area contributed by atoms with Gasteiger partial charge >= 0.3 is 0 Å². The molecule has 0 aromatic carbocycles. The van der Waals surface area contributed by atoms with Crippen LogP contribution in [0.1, 0.15) is 31.6 Å². The summed E-state index contributed by atoms with van der Waals surface area (Å²) in [7, 11) is 0. The Morgan fingerprint density at radius 2 is 2.44 bits per heavy atom. The molecule has 1 aromatic heterocycles. The molecule has 0 radical (unpaired) electrons. The number of rotatable bonds is 4. The summed E-state index contributed by atoms with van der Waals surface area (Å²) in [5.41, 5.74) is 0. The zero-order valence-corrected chi connectivity index (χ0v) is 11.1. The van der Waals surface area contributed by atoms with Crippen molar-refractivity contribution in [3.63, 3.8) is 0 Å². The fraction of sp³-hybridized carbons (Fsp3) is 0.692. The molecule has 1 aliphatic heterocycles. The molecule has 3 heteroatoms. The maximum absolute atomic E-state index is 3.64. The quantitative estimate of drug-likeness (QED) is 0.867. The molecular weight excluding hydrogens is 216 g/mol. The maximum atomic E-state index is 3.64. The molecule has 1 fully saturated rings. The van der Waals surface area contributed by atoms with Crippen LogP contribution >= 0.6 is 11.3 Å². The molecule has 2 heterocycles. The van der Waals surface area contributed by atoms with Crippen molar-refractivity contribution in [1.82, 2.24) is 10.2 Å². The predicted molar refractivity (Wildman–Crippen MR) is 70.9 cm³/mol. The van der Waals surface area contributed by atoms with Crippen molar-refractivity contribution < 1.29 is 0 Å². The topological polar surface area (TPSA) is 15.3 Å². The SMILES string of the molecule is CCCC1CN(Cc2cccs2)C(C)CN1. The van der Waals surface area contributed by atoms with Crippen molar-refractivity contribution in [2.24, 2.45) is 0 Å². The van der Waals surface area contributed by atoms with E-state index in [1.54, 1.807) is 0 Å². The van der Waals surface area contributed by atoms with Gasteiger partial charge in [-0.15, -0.1) is 11.3 Å². The molecule has 0 spiro atoms. The van der Waals surface area contributed by atoms with Gasteiger partial charge in [-0.2, -0.15) is 0 Å². The van der Waals surface area contributed by atoms with Crippen molar-refractivity contribution in [1.29, 1.82) is 0 Å². The largest absolute Gasteiger partial charge is 0.311 e. The minimum atomic E-state index is 0.662. The molecule has 0 aliphatic carbocycles. The Hall–Kier alpha value is -0.380. The van der Waals surface area contributed by atoms with Crippen LogP contribution in [0.15, 0.2) is 17.5 Å². The fourth-order valence-electron chi connectivity index (χ4n) is 2.36. The second-order valence-electron chi connectivity index (χ2n) is 4.75. The Kier molecular flexibility index (Phi) is 4.38. The molecule has 2 nitrogen and oxygen atoms in total.